The van der Waals surface area contributed by atoms with Gasteiger partial charge in [-0.15, -0.1) is 0 Å². The highest BCUT2D eigenvalue weighted by atomic mass is 16.5. The Morgan fingerprint density at radius 2 is 1.32 bits per heavy atom. The molecule has 0 aliphatic heterocycles. The third kappa shape index (κ3) is 13.6. The second-order valence-corrected chi connectivity index (χ2v) is 7.82. The number of unbranched alkanes of at least 4 members (excludes halogenated alkanes) is 11. The minimum Gasteiger partial charge on any atom is -0.466 e. The molecule has 0 amide bonds. The molecule has 0 spiro atoms. The van der Waals surface area contributed by atoms with Crippen molar-refractivity contribution < 1.29 is 9.53 Å². The van der Waals surface area contributed by atoms with E-state index >= 15 is 0 Å². The Bertz CT molecular complexity index is 484. The van der Waals surface area contributed by atoms with Gasteiger partial charge in [0.05, 0.1) is 6.61 Å². The van der Waals surface area contributed by atoms with Gasteiger partial charge in [-0.25, -0.2) is 0 Å². The molecule has 0 radical (unpaired) electrons. The lowest BCUT2D eigenvalue weighted by Crippen LogP contribution is -2.05. The predicted molar refractivity (Wildman–Crippen MR) is 121 cm³/mol. The molecular formula is C25H43NO2. The van der Waals surface area contributed by atoms with Gasteiger partial charge in [-0.1, -0.05) is 89.7 Å². The summed E-state index contributed by atoms with van der Waals surface area (Å²) in [6.45, 7) is 5.62. The maximum atomic E-state index is 11.4. The molecule has 0 heterocycles. The summed E-state index contributed by atoms with van der Waals surface area (Å²) >= 11 is 0. The van der Waals surface area contributed by atoms with Gasteiger partial charge < -0.3 is 10.1 Å². The normalized spacial score (nSPS) is 10.8. The van der Waals surface area contributed by atoms with Gasteiger partial charge in [0, 0.05) is 18.7 Å². The van der Waals surface area contributed by atoms with E-state index in [9.17, 15) is 4.79 Å². The van der Waals surface area contributed by atoms with Crippen LogP contribution in [0.5, 0.6) is 0 Å². The molecule has 0 saturated carbocycles. The number of esters is 1. The van der Waals surface area contributed by atoms with E-state index < -0.39 is 0 Å². The minimum absolute atomic E-state index is 0.114. The number of anilines is 1. The van der Waals surface area contributed by atoms with E-state index in [0.29, 0.717) is 13.0 Å². The fraction of sp³-hybridized carbons (Fsp3) is 0.720. The number of benzene rings is 1. The van der Waals surface area contributed by atoms with Crippen LogP contribution in [0.3, 0.4) is 0 Å². The molecule has 0 bridgehead atoms. The van der Waals surface area contributed by atoms with E-state index in [1.54, 1.807) is 0 Å². The van der Waals surface area contributed by atoms with E-state index in [-0.39, 0.29) is 5.97 Å². The fourth-order valence-corrected chi connectivity index (χ4v) is 3.47. The highest BCUT2D eigenvalue weighted by molar-refractivity contribution is 5.69. The molecule has 0 saturated heterocycles. The van der Waals surface area contributed by atoms with Crippen LogP contribution in [-0.4, -0.2) is 19.1 Å². The third-order valence-electron chi connectivity index (χ3n) is 5.24. The maximum absolute atomic E-state index is 11.4. The molecule has 28 heavy (non-hydrogen) atoms. The molecule has 0 aliphatic carbocycles. The van der Waals surface area contributed by atoms with Gasteiger partial charge in [0.15, 0.2) is 0 Å². The summed E-state index contributed by atoms with van der Waals surface area (Å²) in [4.78, 5) is 11.4. The zero-order valence-electron chi connectivity index (χ0n) is 18.4. The van der Waals surface area contributed by atoms with E-state index in [1.807, 2.05) is 6.92 Å². The first kappa shape index (κ1) is 24.5. The monoisotopic (exact) mass is 389 g/mol. The largest absolute Gasteiger partial charge is 0.466 e. The van der Waals surface area contributed by atoms with Crippen molar-refractivity contribution in [2.24, 2.45) is 0 Å². The van der Waals surface area contributed by atoms with Gasteiger partial charge in [-0.05, 0) is 37.5 Å². The number of carbonyl (C=O) groups is 1. The van der Waals surface area contributed by atoms with Gasteiger partial charge in [0.2, 0.25) is 0 Å². The van der Waals surface area contributed by atoms with E-state index in [2.05, 4.69) is 36.5 Å². The lowest BCUT2D eigenvalue weighted by molar-refractivity contribution is -0.143. The lowest BCUT2D eigenvalue weighted by atomic mass is 10.1. The molecule has 0 aliphatic rings. The van der Waals surface area contributed by atoms with Gasteiger partial charge in [-0.2, -0.15) is 0 Å². The number of ether oxygens (including phenoxy) is 1. The smallest absolute Gasteiger partial charge is 0.306 e. The summed E-state index contributed by atoms with van der Waals surface area (Å²) < 4.78 is 4.97. The zero-order valence-corrected chi connectivity index (χ0v) is 18.4. The SMILES string of the molecule is CCCCCCCCCCCCCCNc1ccc(CCC(=O)OCC)cc1. The maximum Gasteiger partial charge on any atom is 0.306 e. The number of nitrogens with one attached hydrogen (secondary N) is 1. The van der Waals surface area contributed by atoms with E-state index in [4.69, 9.17) is 4.74 Å². The summed E-state index contributed by atoms with van der Waals surface area (Å²) in [5.74, 6) is -0.114. The quantitative estimate of drug-likeness (QED) is 0.211. The van der Waals surface area contributed by atoms with Gasteiger partial charge in [0.1, 0.15) is 0 Å². The Morgan fingerprint density at radius 3 is 1.86 bits per heavy atom. The Hall–Kier alpha value is -1.51. The average Bonchev–Trinajstić information content (AvgIpc) is 2.71. The number of hydrogen-bond acceptors (Lipinski definition) is 3. The standard InChI is InChI=1S/C25H43NO2/c1-3-5-6-7-8-9-10-11-12-13-14-15-22-26-24-19-16-23(17-20-24)18-21-25(27)28-4-2/h16-17,19-20,26H,3-15,18,21-22H2,1-2H3. The number of rotatable bonds is 18. The molecule has 1 rings (SSSR count). The van der Waals surface area contributed by atoms with Crippen LogP contribution >= 0.6 is 0 Å². The van der Waals surface area contributed by atoms with Crippen LogP contribution in [0.25, 0.3) is 0 Å². The van der Waals surface area contributed by atoms with Crippen LogP contribution in [0.15, 0.2) is 24.3 Å². The molecule has 1 aromatic carbocycles. The first-order chi connectivity index (χ1) is 13.8. The molecule has 0 unspecified atom stereocenters. The van der Waals surface area contributed by atoms with Crippen LogP contribution in [-0.2, 0) is 16.0 Å². The Morgan fingerprint density at radius 1 is 0.786 bits per heavy atom. The first-order valence-electron chi connectivity index (χ1n) is 11.7. The summed E-state index contributed by atoms with van der Waals surface area (Å²) in [5, 5.41) is 3.50. The molecule has 1 N–H and O–H groups in total. The second kappa shape index (κ2) is 17.6. The van der Waals surface area contributed by atoms with Crippen LogP contribution in [0.4, 0.5) is 5.69 Å². The van der Waals surface area contributed by atoms with Gasteiger partial charge in [0.25, 0.3) is 0 Å². The van der Waals surface area contributed by atoms with Crippen LogP contribution in [0.1, 0.15) is 103 Å². The third-order valence-corrected chi connectivity index (χ3v) is 5.24. The molecule has 0 atom stereocenters. The summed E-state index contributed by atoms with van der Waals surface area (Å²) in [5.41, 5.74) is 2.35. The molecule has 1 aromatic rings. The second-order valence-electron chi connectivity index (χ2n) is 7.82. The van der Waals surface area contributed by atoms with Crippen LogP contribution in [0.2, 0.25) is 0 Å². The average molecular weight is 390 g/mol. The molecule has 0 fully saturated rings. The number of hydrogen-bond donors (Lipinski definition) is 1. The van der Waals surface area contributed by atoms with Crippen LogP contribution < -0.4 is 5.32 Å². The van der Waals surface area contributed by atoms with Crippen molar-refractivity contribution in [1.82, 2.24) is 0 Å². The molecular weight excluding hydrogens is 346 g/mol. The van der Waals surface area contributed by atoms with Crippen molar-refractivity contribution in [3.05, 3.63) is 29.8 Å². The van der Waals surface area contributed by atoms with Crippen molar-refractivity contribution in [2.45, 2.75) is 104 Å². The minimum atomic E-state index is -0.114. The van der Waals surface area contributed by atoms with Crippen molar-refractivity contribution in [1.29, 1.82) is 0 Å². The van der Waals surface area contributed by atoms with Gasteiger partial charge in [-0.3, -0.25) is 4.79 Å². The lowest BCUT2D eigenvalue weighted by Gasteiger charge is -2.08. The number of aryl methyl sites for hydroxylation is 1. The van der Waals surface area contributed by atoms with E-state index in [1.165, 1.54) is 88.3 Å². The molecule has 3 nitrogen and oxygen atoms in total. The van der Waals surface area contributed by atoms with E-state index in [0.717, 1.165) is 13.0 Å². The highest BCUT2D eigenvalue weighted by Gasteiger charge is 2.02. The number of carbonyl (C=O) groups excluding carboxylic acids is 1. The first-order valence-corrected chi connectivity index (χ1v) is 11.7. The molecule has 160 valence electrons. The van der Waals surface area contributed by atoms with Crippen molar-refractivity contribution in [3.8, 4) is 0 Å². The molecule has 0 aromatic heterocycles. The Labute approximate surface area is 173 Å². The van der Waals surface area contributed by atoms with Gasteiger partial charge >= 0.3 is 5.97 Å². The topological polar surface area (TPSA) is 38.3 Å². The van der Waals surface area contributed by atoms with Crippen molar-refractivity contribution >= 4 is 11.7 Å². The summed E-state index contributed by atoms with van der Waals surface area (Å²) in [7, 11) is 0. The summed E-state index contributed by atoms with van der Waals surface area (Å²) in [6.07, 6.45) is 17.8. The Balaban J connectivity index is 1.94. The zero-order chi connectivity index (χ0) is 20.3. The van der Waals surface area contributed by atoms with Crippen molar-refractivity contribution in [3.63, 3.8) is 0 Å². The fourth-order valence-electron chi connectivity index (χ4n) is 3.47. The predicted octanol–water partition coefficient (Wildman–Crippen LogP) is 7.30. The Kier molecular flexibility index (Phi) is 15.4. The highest BCUT2D eigenvalue weighted by Crippen LogP contribution is 2.14. The summed E-state index contributed by atoms with van der Waals surface area (Å²) in [6, 6.07) is 8.43. The molecule has 3 heteroatoms. The van der Waals surface area contributed by atoms with Crippen LogP contribution in [0, 0.1) is 0 Å². The van der Waals surface area contributed by atoms with Crippen molar-refractivity contribution in [2.75, 3.05) is 18.5 Å².